The van der Waals surface area contributed by atoms with Crippen LogP contribution in [-0.2, 0) is 10.1 Å². The summed E-state index contributed by atoms with van der Waals surface area (Å²) in [6.07, 6.45) is 30.7. The maximum absolute atomic E-state index is 12.0. The van der Waals surface area contributed by atoms with Gasteiger partial charge in [0, 0.05) is 29.5 Å². The molecular weight excluding hydrogens is 637 g/mol. The fourth-order valence-corrected chi connectivity index (χ4v) is 7.84. The summed E-state index contributed by atoms with van der Waals surface area (Å²) in [7, 11) is -4.65. The molecule has 0 aliphatic carbocycles. The molecule has 2 N–H and O–H groups in total. The maximum atomic E-state index is 12.0. The molecule has 2 aromatic rings. The van der Waals surface area contributed by atoms with Gasteiger partial charge in [-0.25, -0.2) is 8.42 Å². The minimum absolute atomic E-state index is 0. The van der Waals surface area contributed by atoms with Gasteiger partial charge in [-0.1, -0.05) is 192 Å². The Labute approximate surface area is 319 Å². The van der Waals surface area contributed by atoms with Crippen LogP contribution in [0.2, 0.25) is 0 Å². The second kappa shape index (κ2) is 29.4. The molecular formula is C42H72LiNO5S. The third-order valence-electron chi connectivity index (χ3n) is 10.1. The molecule has 0 saturated heterocycles. The Bertz CT molecular complexity index is 1170. The van der Waals surface area contributed by atoms with Crippen LogP contribution in [0.3, 0.4) is 0 Å². The Balaban J connectivity index is 0.0000125. The molecule has 0 aliphatic rings. The number of aliphatic hydroxyl groups excluding tert-OH is 2. The zero-order chi connectivity index (χ0) is 35.6. The summed E-state index contributed by atoms with van der Waals surface area (Å²) in [5, 5.41) is 23.3. The number of benzene rings is 2. The molecule has 2 unspecified atom stereocenters. The van der Waals surface area contributed by atoms with Gasteiger partial charge in [0.25, 0.3) is 0 Å². The molecule has 8 heteroatoms. The van der Waals surface area contributed by atoms with E-state index in [0.717, 1.165) is 31.4 Å². The van der Waals surface area contributed by atoms with Crippen molar-refractivity contribution in [2.24, 2.45) is 0 Å². The normalized spacial score (nSPS) is 13.0. The summed E-state index contributed by atoms with van der Waals surface area (Å²) < 4.78 is 36.1. The Morgan fingerprint density at radius 1 is 0.540 bits per heavy atom. The average Bonchev–Trinajstić information content (AvgIpc) is 3.08. The van der Waals surface area contributed by atoms with Crippen LogP contribution in [0.5, 0.6) is 0 Å². The third-order valence-corrected chi connectivity index (χ3v) is 11.0. The Hall–Kier alpha value is -1.07. The largest absolute Gasteiger partial charge is 1.00 e. The number of aliphatic hydroxyl groups is 2. The topological polar surface area (TPSA) is 101 Å². The molecule has 2 rings (SSSR count). The van der Waals surface area contributed by atoms with Crippen molar-refractivity contribution in [3.05, 3.63) is 36.4 Å². The number of nitrogens with zero attached hydrogens (tertiary/aromatic N) is 1. The van der Waals surface area contributed by atoms with Crippen LogP contribution in [0.15, 0.2) is 41.3 Å². The van der Waals surface area contributed by atoms with Gasteiger partial charge in [0.1, 0.15) is 10.1 Å². The quantitative estimate of drug-likeness (QED) is 0.0449. The predicted molar refractivity (Wildman–Crippen MR) is 208 cm³/mol. The van der Waals surface area contributed by atoms with Crippen molar-refractivity contribution in [2.45, 2.75) is 198 Å². The fourth-order valence-electron chi connectivity index (χ4n) is 7.15. The first-order valence-corrected chi connectivity index (χ1v) is 21.8. The first-order valence-electron chi connectivity index (χ1n) is 20.4. The number of hydrogen-bond donors (Lipinski definition) is 2. The summed E-state index contributed by atoms with van der Waals surface area (Å²) in [6, 6.07) is 10.1. The Morgan fingerprint density at radius 2 is 0.880 bits per heavy atom. The van der Waals surface area contributed by atoms with Gasteiger partial charge in [-0.15, -0.1) is 0 Å². The summed E-state index contributed by atoms with van der Waals surface area (Å²) in [5.41, 5.74) is 0.741. The van der Waals surface area contributed by atoms with E-state index in [-0.39, 0.29) is 23.8 Å². The van der Waals surface area contributed by atoms with E-state index in [0.29, 0.717) is 36.7 Å². The van der Waals surface area contributed by atoms with Crippen LogP contribution < -0.4 is 23.8 Å². The van der Waals surface area contributed by atoms with E-state index < -0.39 is 22.3 Å². The summed E-state index contributed by atoms with van der Waals surface area (Å²) in [5.74, 6) is 0. The molecule has 0 heterocycles. The third kappa shape index (κ3) is 20.8. The van der Waals surface area contributed by atoms with E-state index >= 15 is 0 Å². The molecule has 0 fully saturated rings. The van der Waals surface area contributed by atoms with Crippen LogP contribution in [-0.4, -0.2) is 48.5 Å². The van der Waals surface area contributed by atoms with Gasteiger partial charge in [0.2, 0.25) is 0 Å². The first-order chi connectivity index (χ1) is 23.8. The molecule has 0 amide bonds. The number of anilines is 1. The Morgan fingerprint density at radius 3 is 1.24 bits per heavy atom. The van der Waals surface area contributed by atoms with Gasteiger partial charge in [-0.3, -0.25) is 0 Å². The summed E-state index contributed by atoms with van der Waals surface area (Å²) >= 11 is 0. The summed E-state index contributed by atoms with van der Waals surface area (Å²) in [6.45, 7) is 5.21. The van der Waals surface area contributed by atoms with E-state index in [1.807, 2.05) is 17.0 Å². The van der Waals surface area contributed by atoms with E-state index in [9.17, 15) is 23.2 Å². The van der Waals surface area contributed by atoms with Gasteiger partial charge < -0.3 is 19.7 Å². The van der Waals surface area contributed by atoms with Crippen LogP contribution >= 0.6 is 0 Å². The van der Waals surface area contributed by atoms with Crippen molar-refractivity contribution in [3.63, 3.8) is 0 Å². The van der Waals surface area contributed by atoms with Crippen LogP contribution in [0.25, 0.3) is 10.8 Å². The monoisotopic (exact) mass is 710 g/mol. The smallest absolute Gasteiger partial charge is 0.744 e. The van der Waals surface area contributed by atoms with E-state index in [1.165, 1.54) is 134 Å². The predicted octanol–water partition coefficient (Wildman–Crippen LogP) is 8.46. The molecule has 0 aliphatic heterocycles. The molecule has 50 heavy (non-hydrogen) atoms. The molecule has 0 saturated carbocycles. The van der Waals surface area contributed by atoms with Gasteiger partial charge >= 0.3 is 18.9 Å². The van der Waals surface area contributed by atoms with Crippen molar-refractivity contribution in [1.29, 1.82) is 0 Å². The second-order valence-corrected chi connectivity index (χ2v) is 16.0. The zero-order valence-corrected chi connectivity index (χ0v) is 33.2. The molecule has 0 radical (unpaired) electrons. The van der Waals surface area contributed by atoms with Gasteiger partial charge in [-0.2, -0.15) is 0 Å². The number of rotatable bonds is 32. The minimum Gasteiger partial charge on any atom is -0.744 e. The Kier molecular flexibility index (Phi) is 27.6. The maximum Gasteiger partial charge on any atom is 1.00 e. The second-order valence-electron chi connectivity index (χ2n) is 14.7. The number of fused-ring (bicyclic) bond motifs is 1. The SMILES string of the molecule is CCCCCCCCCCCCCCC(O)CN(CC(O)CCCCCCCCCCCCCC)c1ccc(S(=O)(=O)[O-])c2ccccc12.[Li+]. The molecule has 6 nitrogen and oxygen atoms in total. The molecule has 2 atom stereocenters. The van der Waals surface area contributed by atoms with Gasteiger partial charge in [-0.05, 0) is 25.0 Å². The minimum atomic E-state index is -4.65. The number of unbranched alkanes of at least 4 members (excludes halogenated alkanes) is 22. The van der Waals surface area contributed by atoms with Crippen LogP contribution in [0.4, 0.5) is 5.69 Å². The van der Waals surface area contributed by atoms with Crippen LogP contribution in [0.1, 0.15) is 181 Å². The fraction of sp³-hybridized carbons (Fsp3) is 0.762. The molecule has 0 aromatic heterocycles. The first kappa shape index (κ1) is 46.9. The van der Waals surface area contributed by atoms with Crippen LogP contribution in [0, 0.1) is 0 Å². The van der Waals surface area contributed by atoms with E-state index in [1.54, 1.807) is 18.2 Å². The standard InChI is InChI=1S/C42H73NO5S.Li/c1-3-5-7-9-11-13-15-17-19-21-23-25-29-37(44)35-43(41-33-34-42(49(46,47)48)40-32-28-27-31-39(40)41)36-38(45)30-26-24-22-20-18-16-14-12-10-8-6-4-2;/h27-28,31-34,37-38,44-45H,3-26,29-30,35-36H2,1-2H3,(H,46,47,48);/q;+1/p-1. The molecule has 0 bridgehead atoms. The molecule has 282 valence electrons. The van der Waals surface area contributed by atoms with Crippen molar-refractivity contribution < 1.29 is 42.0 Å². The zero-order valence-electron chi connectivity index (χ0n) is 32.4. The molecule has 2 aromatic carbocycles. The van der Waals surface area contributed by atoms with E-state index in [4.69, 9.17) is 0 Å². The molecule has 0 spiro atoms. The van der Waals surface area contributed by atoms with Crippen molar-refractivity contribution in [2.75, 3.05) is 18.0 Å². The summed E-state index contributed by atoms with van der Waals surface area (Å²) in [4.78, 5) is 1.76. The van der Waals surface area contributed by atoms with Gasteiger partial charge in [0.15, 0.2) is 0 Å². The van der Waals surface area contributed by atoms with E-state index in [2.05, 4.69) is 13.8 Å². The van der Waals surface area contributed by atoms with Crippen molar-refractivity contribution in [1.82, 2.24) is 0 Å². The van der Waals surface area contributed by atoms with Crippen molar-refractivity contribution >= 4 is 26.6 Å². The average molecular weight is 710 g/mol. The van der Waals surface area contributed by atoms with Gasteiger partial charge in [0.05, 0.1) is 17.1 Å². The number of hydrogen-bond acceptors (Lipinski definition) is 6. The van der Waals surface area contributed by atoms with Crippen molar-refractivity contribution in [3.8, 4) is 0 Å².